The normalized spacial score (nSPS) is 21.7. The van der Waals surface area contributed by atoms with Crippen LogP contribution in [0.3, 0.4) is 0 Å². The summed E-state index contributed by atoms with van der Waals surface area (Å²) in [6.07, 6.45) is 2.17. The van der Waals surface area contributed by atoms with E-state index in [9.17, 15) is 28.2 Å². The Kier molecular flexibility index (Phi) is 8.28. The second-order valence-electron chi connectivity index (χ2n) is 9.76. The molecule has 2 unspecified atom stereocenters. The molecule has 2 fully saturated rings. The quantitative estimate of drug-likeness (QED) is 0.306. The third kappa shape index (κ3) is 6.43. The van der Waals surface area contributed by atoms with Gasteiger partial charge in [0, 0.05) is 5.69 Å². The predicted molar refractivity (Wildman–Crippen MR) is 135 cm³/mol. The highest BCUT2D eigenvalue weighted by atomic mass is 32.2. The third-order valence-electron chi connectivity index (χ3n) is 7.27. The molecule has 2 saturated heterocycles. The standard InChI is InChI=1S/C26H33N3O6S/c30-25(31)23(19-7-9-27-15-19)13-17-3-1-5-21(11-17)29-36(34,35)22-6-2-4-18(12-22)14-24(26(32)33)20-8-10-28-16-20/h1-6,11-12,19-20,23-24,27-29H,7-10,13-16H2,(H,30,31)(H,32,33)/t19-,20-,23?,24?/m0/s1. The van der Waals surface area contributed by atoms with Crippen LogP contribution < -0.4 is 15.4 Å². The molecule has 2 aromatic carbocycles. The van der Waals surface area contributed by atoms with Gasteiger partial charge < -0.3 is 20.8 Å². The zero-order valence-electron chi connectivity index (χ0n) is 20.0. The lowest BCUT2D eigenvalue weighted by atomic mass is 9.86. The van der Waals surface area contributed by atoms with Crippen molar-refractivity contribution in [2.75, 3.05) is 30.9 Å². The van der Waals surface area contributed by atoms with Crippen LogP contribution in [0.5, 0.6) is 0 Å². The molecule has 2 aromatic rings. The topological polar surface area (TPSA) is 145 Å². The van der Waals surface area contributed by atoms with Gasteiger partial charge in [0.2, 0.25) is 0 Å². The molecule has 0 aliphatic carbocycles. The summed E-state index contributed by atoms with van der Waals surface area (Å²) < 4.78 is 28.9. The molecule has 0 amide bonds. The number of carboxylic acid groups (broad SMARTS) is 2. The van der Waals surface area contributed by atoms with Crippen LogP contribution in [0, 0.1) is 23.7 Å². The molecule has 2 aliphatic heterocycles. The Balaban J connectivity index is 1.48. The van der Waals surface area contributed by atoms with Crippen molar-refractivity contribution < 1.29 is 28.2 Å². The fourth-order valence-corrected chi connectivity index (χ4v) is 6.39. The van der Waals surface area contributed by atoms with Gasteiger partial charge in [-0.15, -0.1) is 0 Å². The molecule has 2 heterocycles. The highest BCUT2D eigenvalue weighted by molar-refractivity contribution is 7.92. The Hall–Kier alpha value is -2.95. The monoisotopic (exact) mass is 515 g/mol. The van der Waals surface area contributed by atoms with Crippen molar-refractivity contribution in [2.24, 2.45) is 23.7 Å². The number of carboxylic acids is 2. The number of sulfonamides is 1. The van der Waals surface area contributed by atoms with Gasteiger partial charge in [-0.3, -0.25) is 14.3 Å². The van der Waals surface area contributed by atoms with Crippen LogP contribution in [0.4, 0.5) is 5.69 Å². The van der Waals surface area contributed by atoms with E-state index in [0.717, 1.165) is 31.5 Å². The van der Waals surface area contributed by atoms with Gasteiger partial charge in [0.15, 0.2) is 0 Å². The largest absolute Gasteiger partial charge is 0.481 e. The molecule has 10 heteroatoms. The average molecular weight is 516 g/mol. The van der Waals surface area contributed by atoms with E-state index >= 15 is 0 Å². The molecule has 2 aliphatic rings. The molecule has 5 N–H and O–H groups in total. The number of benzene rings is 2. The molecule has 0 saturated carbocycles. The summed E-state index contributed by atoms with van der Waals surface area (Å²) in [7, 11) is -3.92. The number of hydrogen-bond acceptors (Lipinski definition) is 6. The smallest absolute Gasteiger partial charge is 0.307 e. The summed E-state index contributed by atoms with van der Waals surface area (Å²) in [5.41, 5.74) is 1.75. The maximum absolute atomic E-state index is 13.1. The van der Waals surface area contributed by atoms with Crippen molar-refractivity contribution in [3.8, 4) is 0 Å². The van der Waals surface area contributed by atoms with Crippen molar-refractivity contribution in [1.29, 1.82) is 0 Å². The molecule has 9 nitrogen and oxygen atoms in total. The van der Waals surface area contributed by atoms with Gasteiger partial charge in [0.25, 0.3) is 10.0 Å². The Morgan fingerprint density at radius 3 is 1.89 bits per heavy atom. The fraction of sp³-hybridized carbons (Fsp3) is 0.462. The minimum absolute atomic E-state index is 0.0123. The van der Waals surface area contributed by atoms with Crippen LogP contribution in [0.15, 0.2) is 53.4 Å². The van der Waals surface area contributed by atoms with E-state index < -0.39 is 33.8 Å². The molecular formula is C26H33N3O6S. The van der Waals surface area contributed by atoms with Crippen LogP contribution in [0.2, 0.25) is 0 Å². The van der Waals surface area contributed by atoms with E-state index in [1.807, 2.05) is 0 Å². The highest BCUT2D eigenvalue weighted by Crippen LogP contribution is 2.27. The van der Waals surface area contributed by atoms with Gasteiger partial charge in [0.1, 0.15) is 0 Å². The molecule has 4 atom stereocenters. The summed E-state index contributed by atoms with van der Waals surface area (Å²) in [4.78, 5) is 23.7. The van der Waals surface area contributed by atoms with Crippen molar-refractivity contribution in [2.45, 2.75) is 30.6 Å². The molecular weight excluding hydrogens is 482 g/mol. The maximum Gasteiger partial charge on any atom is 0.307 e. The van der Waals surface area contributed by atoms with E-state index in [2.05, 4.69) is 15.4 Å². The lowest BCUT2D eigenvalue weighted by Crippen LogP contribution is -2.27. The van der Waals surface area contributed by atoms with Gasteiger partial charge in [-0.25, -0.2) is 8.42 Å². The lowest BCUT2D eigenvalue weighted by molar-refractivity contribution is -0.144. The average Bonchev–Trinajstić information content (AvgIpc) is 3.55. The van der Waals surface area contributed by atoms with Gasteiger partial charge in [0.05, 0.1) is 16.7 Å². The Morgan fingerprint density at radius 2 is 1.39 bits per heavy atom. The molecule has 0 radical (unpaired) electrons. The maximum atomic E-state index is 13.1. The van der Waals surface area contributed by atoms with Gasteiger partial charge in [-0.05, 0) is 99.1 Å². The summed E-state index contributed by atoms with van der Waals surface area (Å²) in [6, 6.07) is 13.2. The summed E-state index contributed by atoms with van der Waals surface area (Å²) in [6.45, 7) is 2.90. The molecule has 36 heavy (non-hydrogen) atoms. The van der Waals surface area contributed by atoms with Gasteiger partial charge >= 0.3 is 11.9 Å². The summed E-state index contributed by atoms with van der Waals surface area (Å²) in [5.74, 6) is -2.79. The lowest BCUT2D eigenvalue weighted by Gasteiger charge is -2.19. The van der Waals surface area contributed by atoms with Crippen LogP contribution in [0.25, 0.3) is 0 Å². The van der Waals surface area contributed by atoms with Crippen molar-refractivity contribution >= 4 is 27.6 Å². The van der Waals surface area contributed by atoms with Crippen LogP contribution >= 0.6 is 0 Å². The van der Waals surface area contributed by atoms with Crippen LogP contribution in [-0.2, 0) is 32.5 Å². The Morgan fingerprint density at radius 1 is 0.861 bits per heavy atom. The molecule has 194 valence electrons. The number of nitrogens with one attached hydrogen (secondary N) is 3. The van der Waals surface area contributed by atoms with Crippen molar-refractivity contribution in [1.82, 2.24) is 10.6 Å². The zero-order valence-corrected chi connectivity index (χ0v) is 20.8. The van der Waals surface area contributed by atoms with E-state index in [0.29, 0.717) is 30.8 Å². The van der Waals surface area contributed by atoms with Crippen molar-refractivity contribution in [3.05, 3.63) is 59.7 Å². The zero-order chi connectivity index (χ0) is 25.7. The molecule has 0 spiro atoms. The predicted octanol–water partition coefficient (Wildman–Crippen LogP) is 2.19. The highest BCUT2D eigenvalue weighted by Gasteiger charge is 2.32. The Bertz CT molecular complexity index is 1190. The minimum atomic E-state index is -3.92. The van der Waals surface area contributed by atoms with E-state index in [1.54, 1.807) is 36.4 Å². The number of hydrogen-bond donors (Lipinski definition) is 5. The number of aliphatic carboxylic acids is 2. The van der Waals surface area contributed by atoms with Gasteiger partial charge in [-0.1, -0.05) is 24.3 Å². The first kappa shape index (κ1) is 26.1. The minimum Gasteiger partial charge on any atom is -0.481 e. The van der Waals surface area contributed by atoms with E-state index in [4.69, 9.17) is 0 Å². The first-order valence-electron chi connectivity index (χ1n) is 12.3. The Labute approximate surface area is 211 Å². The first-order valence-corrected chi connectivity index (χ1v) is 13.8. The first-order chi connectivity index (χ1) is 17.2. The number of carbonyl (C=O) groups is 2. The second kappa shape index (κ2) is 11.4. The fourth-order valence-electron chi connectivity index (χ4n) is 5.28. The van der Waals surface area contributed by atoms with E-state index in [-0.39, 0.29) is 23.2 Å². The van der Waals surface area contributed by atoms with E-state index in [1.165, 1.54) is 12.1 Å². The SMILES string of the molecule is O=C(O)C(Cc1cccc(NS(=O)(=O)c2cccc(CC(C(=O)O)[C@H]3CCNC3)c2)c1)[C@H]1CCNC1. The van der Waals surface area contributed by atoms with Crippen molar-refractivity contribution in [3.63, 3.8) is 0 Å². The second-order valence-corrected chi connectivity index (χ2v) is 11.4. The molecule has 0 bridgehead atoms. The van der Waals surface area contributed by atoms with Crippen LogP contribution in [-0.4, -0.2) is 56.7 Å². The molecule has 0 aromatic heterocycles. The number of anilines is 1. The third-order valence-corrected chi connectivity index (χ3v) is 8.65. The summed E-state index contributed by atoms with van der Waals surface area (Å²) in [5, 5.41) is 25.8. The van der Waals surface area contributed by atoms with Crippen LogP contribution in [0.1, 0.15) is 24.0 Å². The van der Waals surface area contributed by atoms with Gasteiger partial charge in [-0.2, -0.15) is 0 Å². The molecule has 4 rings (SSSR count). The number of rotatable bonds is 11. The summed E-state index contributed by atoms with van der Waals surface area (Å²) >= 11 is 0.